The van der Waals surface area contributed by atoms with Crippen molar-refractivity contribution in [2.75, 3.05) is 26.9 Å². The van der Waals surface area contributed by atoms with Gasteiger partial charge in [0.1, 0.15) is 11.4 Å². The first-order chi connectivity index (χ1) is 10.6. The van der Waals surface area contributed by atoms with E-state index in [-0.39, 0.29) is 0 Å². The summed E-state index contributed by atoms with van der Waals surface area (Å²) in [4.78, 5) is 6.90. The molecule has 2 aromatic heterocycles. The van der Waals surface area contributed by atoms with Crippen LogP contribution >= 0.6 is 0 Å². The van der Waals surface area contributed by atoms with Gasteiger partial charge in [-0.15, -0.1) is 0 Å². The molecule has 5 heteroatoms. The molecule has 0 spiro atoms. The number of para-hydroxylation sites is 1. The van der Waals surface area contributed by atoms with Gasteiger partial charge in [-0.2, -0.15) is 0 Å². The minimum Gasteiger partial charge on any atom is -0.496 e. The number of hydrogen-bond acceptors (Lipinski definition) is 4. The molecule has 5 nitrogen and oxygen atoms in total. The third-order valence-electron chi connectivity index (χ3n) is 3.57. The molecule has 114 valence electrons. The fourth-order valence-electron chi connectivity index (χ4n) is 2.62. The van der Waals surface area contributed by atoms with E-state index in [1.165, 1.54) is 0 Å². The normalized spacial score (nSPS) is 11.3. The second-order valence-electron chi connectivity index (χ2n) is 5.54. The number of ether oxygens (including phenoxy) is 1. The largest absolute Gasteiger partial charge is 0.496 e. The number of aromatic nitrogens is 2. The molecule has 0 aliphatic carbocycles. The second-order valence-corrected chi connectivity index (χ2v) is 5.54. The second kappa shape index (κ2) is 5.69. The van der Waals surface area contributed by atoms with Gasteiger partial charge in [0.05, 0.1) is 18.5 Å². The Morgan fingerprint density at radius 1 is 1.18 bits per heavy atom. The summed E-state index contributed by atoms with van der Waals surface area (Å²) >= 11 is 0. The maximum absolute atomic E-state index is 5.94. The molecular weight excluding hydrogens is 276 g/mol. The molecule has 2 heterocycles. The van der Waals surface area contributed by atoms with E-state index >= 15 is 0 Å². The third-order valence-corrected chi connectivity index (χ3v) is 3.57. The van der Waals surface area contributed by atoms with Crippen molar-refractivity contribution in [1.29, 1.82) is 0 Å². The summed E-state index contributed by atoms with van der Waals surface area (Å²) in [5.41, 5.74) is 10.6. The molecule has 0 aliphatic heterocycles. The predicted octanol–water partition coefficient (Wildman–Crippen LogP) is 2.65. The quantitative estimate of drug-likeness (QED) is 0.804. The highest BCUT2D eigenvalue weighted by Crippen LogP contribution is 2.32. The van der Waals surface area contributed by atoms with Gasteiger partial charge in [-0.1, -0.05) is 12.1 Å². The van der Waals surface area contributed by atoms with Crippen molar-refractivity contribution < 1.29 is 4.74 Å². The highest BCUT2D eigenvalue weighted by molar-refractivity contribution is 5.72. The number of anilines is 1. The Labute approximate surface area is 129 Å². The summed E-state index contributed by atoms with van der Waals surface area (Å²) in [6, 6.07) is 11.7. The first-order valence-corrected chi connectivity index (χ1v) is 7.14. The third kappa shape index (κ3) is 2.51. The smallest absolute Gasteiger partial charge is 0.137 e. The van der Waals surface area contributed by atoms with Crippen LogP contribution in [0.4, 0.5) is 5.69 Å². The zero-order valence-corrected chi connectivity index (χ0v) is 13.1. The van der Waals surface area contributed by atoms with Gasteiger partial charge < -0.3 is 19.8 Å². The van der Waals surface area contributed by atoms with E-state index in [1.807, 2.05) is 56.7 Å². The lowest BCUT2D eigenvalue weighted by Crippen LogP contribution is -2.13. The molecule has 22 heavy (non-hydrogen) atoms. The summed E-state index contributed by atoms with van der Waals surface area (Å²) in [5.74, 6) is 0.818. The molecule has 0 unspecified atom stereocenters. The van der Waals surface area contributed by atoms with Crippen LogP contribution in [0.3, 0.4) is 0 Å². The number of nitrogens with two attached hydrogens (primary N) is 1. The molecule has 0 saturated heterocycles. The number of methoxy groups -OCH3 is 1. The molecule has 1 aromatic carbocycles. The number of rotatable bonds is 4. The number of nitrogen functional groups attached to an aromatic ring is 1. The van der Waals surface area contributed by atoms with Crippen molar-refractivity contribution in [3.8, 4) is 17.0 Å². The van der Waals surface area contributed by atoms with Crippen molar-refractivity contribution >= 4 is 11.3 Å². The zero-order valence-electron chi connectivity index (χ0n) is 13.1. The highest BCUT2D eigenvalue weighted by atomic mass is 16.5. The minimum absolute atomic E-state index is 0.719. The fraction of sp³-hybridized carbons (Fsp3) is 0.235. The zero-order chi connectivity index (χ0) is 15.7. The monoisotopic (exact) mass is 296 g/mol. The topological polar surface area (TPSA) is 55.8 Å². The van der Waals surface area contributed by atoms with E-state index in [0.717, 1.165) is 40.6 Å². The molecule has 3 rings (SSSR count). The van der Waals surface area contributed by atoms with E-state index in [9.17, 15) is 0 Å². The van der Waals surface area contributed by atoms with Crippen LogP contribution in [-0.4, -0.2) is 35.5 Å². The molecule has 0 fully saturated rings. The Bertz CT molecular complexity index is 808. The van der Waals surface area contributed by atoms with E-state index in [4.69, 9.17) is 15.5 Å². The van der Waals surface area contributed by atoms with Gasteiger partial charge >= 0.3 is 0 Å². The van der Waals surface area contributed by atoms with Gasteiger partial charge in [0.15, 0.2) is 0 Å². The van der Waals surface area contributed by atoms with Crippen LogP contribution < -0.4 is 10.5 Å². The molecule has 0 aliphatic rings. The first kappa shape index (κ1) is 14.4. The van der Waals surface area contributed by atoms with Crippen molar-refractivity contribution in [3.05, 3.63) is 48.3 Å². The maximum atomic E-state index is 5.94. The fourth-order valence-corrected chi connectivity index (χ4v) is 2.62. The summed E-state index contributed by atoms with van der Waals surface area (Å²) in [6.07, 6.45) is 1.92. The van der Waals surface area contributed by atoms with Crippen molar-refractivity contribution in [3.63, 3.8) is 0 Å². The summed E-state index contributed by atoms with van der Waals surface area (Å²) in [6.45, 7) is 0.762. The first-order valence-electron chi connectivity index (χ1n) is 7.14. The van der Waals surface area contributed by atoms with Crippen LogP contribution in [-0.2, 0) is 6.54 Å². The van der Waals surface area contributed by atoms with Crippen molar-refractivity contribution in [2.45, 2.75) is 6.54 Å². The van der Waals surface area contributed by atoms with Crippen LogP contribution in [0.15, 0.2) is 42.6 Å². The van der Waals surface area contributed by atoms with Crippen molar-refractivity contribution in [1.82, 2.24) is 14.3 Å². The van der Waals surface area contributed by atoms with Crippen LogP contribution in [0.1, 0.15) is 5.69 Å². The Morgan fingerprint density at radius 3 is 2.68 bits per heavy atom. The van der Waals surface area contributed by atoms with Crippen LogP contribution in [0, 0.1) is 0 Å². The summed E-state index contributed by atoms with van der Waals surface area (Å²) < 4.78 is 7.54. The number of benzene rings is 1. The SMILES string of the molecule is COc1ccccc1-c1nc2ccc(N)cn2c1CN(C)C. The van der Waals surface area contributed by atoms with Crippen LogP contribution in [0.5, 0.6) is 5.75 Å². The molecule has 0 radical (unpaired) electrons. The van der Waals surface area contributed by atoms with Gasteiger partial charge in [0.2, 0.25) is 0 Å². The maximum Gasteiger partial charge on any atom is 0.137 e. The Kier molecular flexibility index (Phi) is 3.73. The molecule has 0 saturated carbocycles. The summed E-state index contributed by atoms with van der Waals surface area (Å²) in [5, 5.41) is 0. The summed E-state index contributed by atoms with van der Waals surface area (Å²) in [7, 11) is 5.76. The number of fused-ring (bicyclic) bond motifs is 1. The molecule has 2 N–H and O–H groups in total. The van der Waals surface area contributed by atoms with Gasteiger partial charge in [-0.3, -0.25) is 0 Å². The predicted molar refractivity (Wildman–Crippen MR) is 89.0 cm³/mol. The van der Waals surface area contributed by atoms with Gasteiger partial charge in [-0.05, 0) is 38.4 Å². The van der Waals surface area contributed by atoms with Crippen LogP contribution in [0.2, 0.25) is 0 Å². The van der Waals surface area contributed by atoms with Gasteiger partial charge in [0, 0.05) is 24.0 Å². The minimum atomic E-state index is 0.719. The van der Waals surface area contributed by atoms with E-state index in [0.29, 0.717) is 0 Å². The molecule has 0 amide bonds. The Hall–Kier alpha value is -2.53. The Morgan fingerprint density at radius 2 is 1.95 bits per heavy atom. The molecule has 0 bridgehead atoms. The lowest BCUT2D eigenvalue weighted by Gasteiger charge is -2.13. The van der Waals surface area contributed by atoms with Crippen molar-refractivity contribution in [2.24, 2.45) is 0 Å². The molecule has 0 atom stereocenters. The van der Waals surface area contributed by atoms with E-state index < -0.39 is 0 Å². The molecule has 3 aromatic rings. The standard InChI is InChI=1S/C17H20N4O/c1-20(2)11-14-17(13-6-4-5-7-15(13)22-3)19-16-9-8-12(18)10-21(14)16/h4-10H,11,18H2,1-3H3. The lowest BCUT2D eigenvalue weighted by molar-refractivity contribution is 0.395. The van der Waals surface area contributed by atoms with E-state index in [2.05, 4.69) is 9.30 Å². The highest BCUT2D eigenvalue weighted by Gasteiger charge is 2.17. The average molecular weight is 296 g/mol. The molecular formula is C17H20N4O. The van der Waals surface area contributed by atoms with Gasteiger partial charge in [-0.25, -0.2) is 4.98 Å². The van der Waals surface area contributed by atoms with E-state index in [1.54, 1.807) is 7.11 Å². The number of pyridine rings is 1. The number of imidazole rings is 1. The Balaban J connectivity index is 2.28. The number of hydrogen-bond donors (Lipinski definition) is 1. The lowest BCUT2D eigenvalue weighted by atomic mass is 10.1. The average Bonchev–Trinajstić information content (AvgIpc) is 2.84. The van der Waals surface area contributed by atoms with Gasteiger partial charge in [0.25, 0.3) is 0 Å². The number of nitrogens with zero attached hydrogens (tertiary/aromatic N) is 3. The van der Waals surface area contributed by atoms with Crippen LogP contribution in [0.25, 0.3) is 16.9 Å².